The molecule has 0 aromatic heterocycles. The van der Waals surface area contributed by atoms with Crippen molar-refractivity contribution in [2.45, 2.75) is 51.1 Å². The number of amides is 2. The summed E-state index contributed by atoms with van der Waals surface area (Å²) < 4.78 is 34.9. The number of nitrogens with zero attached hydrogens (tertiary/aromatic N) is 2. The summed E-state index contributed by atoms with van der Waals surface area (Å²) in [6, 6.07) is 15.3. The predicted molar refractivity (Wildman–Crippen MR) is 171 cm³/mol. The lowest BCUT2D eigenvalue weighted by Gasteiger charge is -2.33. The van der Waals surface area contributed by atoms with Gasteiger partial charge < -0.3 is 15.0 Å². The Morgan fingerprint density at radius 2 is 1.67 bits per heavy atom. The van der Waals surface area contributed by atoms with Crippen LogP contribution in [0, 0.1) is 6.92 Å². The Labute approximate surface area is 266 Å². The maximum atomic E-state index is 14.2. The van der Waals surface area contributed by atoms with E-state index in [2.05, 4.69) is 21.2 Å². The first-order valence-corrected chi connectivity index (χ1v) is 16.4. The van der Waals surface area contributed by atoms with Gasteiger partial charge in [0.1, 0.15) is 18.3 Å². The van der Waals surface area contributed by atoms with Gasteiger partial charge in [0.2, 0.25) is 11.8 Å². The molecule has 3 aromatic carbocycles. The number of aryl methyl sites for hydroxylation is 1. The first-order valence-electron chi connectivity index (χ1n) is 13.4. The molecule has 0 aliphatic carbocycles. The summed E-state index contributed by atoms with van der Waals surface area (Å²) in [5.41, 5.74) is 1.67. The Morgan fingerprint density at radius 3 is 2.21 bits per heavy atom. The van der Waals surface area contributed by atoms with E-state index in [1.165, 1.54) is 30.2 Å². The van der Waals surface area contributed by atoms with Crippen LogP contribution in [-0.4, -0.2) is 51.4 Å². The van der Waals surface area contributed by atoms with E-state index in [-0.39, 0.29) is 23.8 Å². The second-order valence-corrected chi connectivity index (χ2v) is 13.1. The molecule has 0 aliphatic heterocycles. The molecule has 0 saturated heterocycles. The summed E-state index contributed by atoms with van der Waals surface area (Å²) >= 11 is 16.3. The Balaban J connectivity index is 2.11. The summed E-state index contributed by atoms with van der Waals surface area (Å²) in [7, 11) is -2.77. The molecule has 0 bridgehead atoms. The van der Waals surface area contributed by atoms with Gasteiger partial charge in [0, 0.05) is 28.7 Å². The maximum Gasteiger partial charge on any atom is 0.264 e. The molecular weight excluding hydrogens is 665 g/mol. The summed E-state index contributed by atoms with van der Waals surface area (Å²) in [5.74, 6) is -0.487. The quantitative estimate of drug-likeness (QED) is 0.217. The Kier molecular flexibility index (Phi) is 12.1. The number of ether oxygens (including phenoxy) is 1. The fourth-order valence-electron chi connectivity index (χ4n) is 4.31. The third kappa shape index (κ3) is 7.98. The van der Waals surface area contributed by atoms with Crippen molar-refractivity contribution in [1.82, 2.24) is 10.2 Å². The molecule has 1 N–H and O–H groups in total. The van der Waals surface area contributed by atoms with Crippen molar-refractivity contribution in [2.24, 2.45) is 0 Å². The van der Waals surface area contributed by atoms with E-state index in [0.29, 0.717) is 44.5 Å². The average molecular weight is 699 g/mol. The number of benzene rings is 3. The molecule has 3 aromatic rings. The summed E-state index contributed by atoms with van der Waals surface area (Å²) in [4.78, 5) is 28.7. The van der Waals surface area contributed by atoms with Gasteiger partial charge in [-0.1, -0.05) is 60.8 Å². The monoisotopic (exact) mass is 697 g/mol. The summed E-state index contributed by atoms with van der Waals surface area (Å²) in [6.45, 7) is 5.36. The third-order valence-electron chi connectivity index (χ3n) is 6.64. The molecular formula is C30H34BrCl2N3O5S. The van der Waals surface area contributed by atoms with Crippen molar-refractivity contribution in [3.05, 3.63) is 86.3 Å². The van der Waals surface area contributed by atoms with Gasteiger partial charge in [-0.25, -0.2) is 8.42 Å². The lowest BCUT2D eigenvalue weighted by molar-refractivity contribution is -0.140. The second-order valence-electron chi connectivity index (χ2n) is 9.58. The zero-order valence-corrected chi connectivity index (χ0v) is 27.8. The van der Waals surface area contributed by atoms with Crippen LogP contribution in [-0.2, 0) is 26.2 Å². The topological polar surface area (TPSA) is 96.0 Å². The number of rotatable bonds is 13. The average Bonchev–Trinajstić information content (AvgIpc) is 2.96. The molecule has 0 fully saturated rings. The summed E-state index contributed by atoms with van der Waals surface area (Å²) in [5, 5.41) is 3.51. The van der Waals surface area contributed by atoms with Gasteiger partial charge in [-0.3, -0.25) is 13.9 Å². The predicted octanol–water partition coefficient (Wildman–Crippen LogP) is 6.60. The van der Waals surface area contributed by atoms with Gasteiger partial charge in [-0.15, -0.1) is 0 Å². The molecule has 8 nitrogen and oxygen atoms in total. The number of halogens is 3. The van der Waals surface area contributed by atoms with Gasteiger partial charge in [-0.05, 0) is 78.2 Å². The zero-order valence-electron chi connectivity index (χ0n) is 23.9. The maximum absolute atomic E-state index is 14.2. The smallest absolute Gasteiger partial charge is 0.264 e. The van der Waals surface area contributed by atoms with Crippen LogP contribution in [0.3, 0.4) is 0 Å². The van der Waals surface area contributed by atoms with Crippen molar-refractivity contribution in [3.8, 4) is 5.75 Å². The highest BCUT2D eigenvalue weighted by Crippen LogP contribution is 2.32. The summed E-state index contributed by atoms with van der Waals surface area (Å²) in [6.07, 6.45) is 0.995. The standard InChI is InChI=1S/C30H34BrCl2N3O5S/c1-5-16-34-30(38)27(6-2)35(18-23-25(32)8-7-9-26(23)33)29(37)19-36(21-12-10-20(3)11-13-21)42(39,40)22-14-15-28(41-4)24(31)17-22/h7-15,17,27H,5-6,16,18-19H2,1-4H3,(H,34,38)/t27-/m1/s1. The van der Waals surface area contributed by atoms with Crippen molar-refractivity contribution < 1.29 is 22.7 Å². The molecule has 42 heavy (non-hydrogen) atoms. The second kappa shape index (κ2) is 15.1. The van der Waals surface area contributed by atoms with Crippen molar-refractivity contribution >= 4 is 66.7 Å². The molecule has 2 amide bonds. The normalized spacial score (nSPS) is 12.0. The van der Waals surface area contributed by atoms with E-state index >= 15 is 0 Å². The zero-order chi connectivity index (χ0) is 31.0. The molecule has 12 heteroatoms. The van der Waals surface area contributed by atoms with Crippen LogP contribution in [0.1, 0.15) is 37.8 Å². The molecule has 226 valence electrons. The van der Waals surface area contributed by atoms with Crippen molar-refractivity contribution in [2.75, 3.05) is 24.5 Å². The highest BCUT2D eigenvalue weighted by molar-refractivity contribution is 9.10. The first kappa shape index (κ1) is 33.7. The van der Waals surface area contributed by atoms with E-state index in [9.17, 15) is 18.0 Å². The molecule has 0 radical (unpaired) electrons. The van der Waals surface area contributed by atoms with Gasteiger partial charge in [0.25, 0.3) is 10.0 Å². The first-order chi connectivity index (χ1) is 19.9. The Hall–Kier alpha value is -2.79. The molecule has 0 heterocycles. The molecule has 0 saturated carbocycles. The third-order valence-corrected chi connectivity index (χ3v) is 9.74. The molecule has 0 unspecified atom stereocenters. The van der Waals surface area contributed by atoms with Crippen LogP contribution in [0.15, 0.2) is 70.0 Å². The van der Waals surface area contributed by atoms with Crippen molar-refractivity contribution in [3.63, 3.8) is 0 Å². The highest BCUT2D eigenvalue weighted by atomic mass is 79.9. The van der Waals surface area contributed by atoms with E-state index in [0.717, 1.165) is 9.87 Å². The van der Waals surface area contributed by atoms with E-state index in [4.69, 9.17) is 27.9 Å². The lowest BCUT2D eigenvalue weighted by atomic mass is 10.1. The fraction of sp³-hybridized carbons (Fsp3) is 0.333. The minimum Gasteiger partial charge on any atom is -0.496 e. The van der Waals surface area contributed by atoms with Gasteiger partial charge in [-0.2, -0.15) is 0 Å². The SMILES string of the molecule is CCCNC(=O)[C@@H](CC)N(Cc1c(Cl)cccc1Cl)C(=O)CN(c1ccc(C)cc1)S(=O)(=O)c1ccc(OC)c(Br)c1. The van der Waals surface area contributed by atoms with Crippen LogP contribution in [0.5, 0.6) is 5.75 Å². The van der Waals surface area contributed by atoms with Gasteiger partial charge >= 0.3 is 0 Å². The van der Waals surface area contributed by atoms with Gasteiger partial charge in [0.05, 0.1) is 22.2 Å². The van der Waals surface area contributed by atoms with Crippen LogP contribution >= 0.6 is 39.1 Å². The van der Waals surface area contributed by atoms with Gasteiger partial charge in [0.15, 0.2) is 0 Å². The Morgan fingerprint density at radius 1 is 1.02 bits per heavy atom. The van der Waals surface area contributed by atoms with Crippen LogP contribution in [0.2, 0.25) is 10.0 Å². The number of carbonyl (C=O) groups excluding carboxylic acids is 2. The Bertz CT molecular complexity index is 1500. The molecule has 1 atom stereocenters. The largest absolute Gasteiger partial charge is 0.496 e. The van der Waals surface area contributed by atoms with Crippen LogP contribution in [0.25, 0.3) is 0 Å². The number of hydrogen-bond acceptors (Lipinski definition) is 5. The number of methoxy groups -OCH3 is 1. The molecule has 0 aliphatic rings. The lowest BCUT2D eigenvalue weighted by Crippen LogP contribution is -2.52. The highest BCUT2D eigenvalue weighted by Gasteiger charge is 2.34. The fourth-order valence-corrected chi connectivity index (χ4v) is 6.96. The number of sulfonamides is 1. The number of hydrogen-bond donors (Lipinski definition) is 1. The van der Waals surface area contributed by atoms with Crippen LogP contribution in [0.4, 0.5) is 5.69 Å². The van der Waals surface area contributed by atoms with E-state index in [1.54, 1.807) is 49.4 Å². The number of nitrogens with one attached hydrogen (secondary N) is 1. The molecule has 3 rings (SSSR count). The van der Waals surface area contributed by atoms with Crippen LogP contribution < -0.4 is 14.4 Å². The molecule has 0 spiro atoms. The minimum absolute atomic E-state index is 0.0445. The van der Waals surface area contributed by atoms with Crippen molar-refractivity contribution in [1.29, 1.82) is 0 Å². The van der Waals surface area contributed by atoms with E-state index < -0.39 is 28.5 Å². The minimum atomic E-state index is -4.25. The number of anilines is 1. The van der Waals surface area contributed by atoms with E-state index in [1.807, 2.05) is 13.8 Å². The number of carbonyl (C=O) groups is 2.